The summed E-state index contributed by atoms with van der Waals surface area (Å²) in [6, 6.07) is 0. The first kappa shape index (κ1) is 17.1. The van der Waals surface area contributed by atoms with Crippen molar-refractivity contribution in [2.45, 2.75) is 52.0 Å². The van der Waals surface area contributed by atoms with Crippen LogP contribution in [0.1, 0.15) is 39.1 Å². The molecule has 1 rings (SSSR count). The predicted molar refractivity (Wildman–Crippen MR) is 78.0 cm³/mol. The highest BCUT2D eigenvalue weighted by Gasteiger charge is 2.23. The summed E-state index contributed by atoms with van der Waals surface area (Å²) in [6.45, 7) is 9.68. The lowest BCUT2D eigenvalue weighted by atomic mass is 10.2. The Kier molecular flexibility index (Phi) is 6.16. The molecule has 1 heterocycles. The zero-order chi connectivity index (χ0) is 15.3. The molecule has 0 aliphatic heterocycles. The normalized spacial score (nSPS) is 12.3. The van der Waals surface area contributed by atoms with Gasteiger partial charge in [-0.25, -0.2) is 13.6 Å². The molecule has 116 valence electrons. The Hall–Kier alpha value is -0.920. The van der Waals surface area contributed by atoms with Crippen LogP contribution in [0.15, 0.2) is 4.90 Å². The van der Waals surface area contributed by atoms with Crippen LogP contribution in [0, 0.1) is 5.92 Å². The first-order valence-corrected chi connectivity index (χ1v) is 8.54. The summed E-state index contributed by atoms with van der Waals surface area (Å²) in [4.78, 5) is 0.186. The van der Waals surface area contributed by atoms with Gasteiger partial charge in [0.1, 0.15) is 4.90 Å². The summed E-state index contributed by atoms with van der Waals surface area (Å²) in [5, 5.41) is 9.67. The lowest BCUT2D eigenvalue weighted by Gasteiger charge is -2.09. The molecule has 0 atom stereocenters. The average molecular weight is 303 g/mol. The number of nitrogens with zero attached hydrogens (tertiary/aromatic N) is 2. The van der Waals surface area contributed by atoms with Gasteiger partial charge in [-0.1, -0.05) is 27.7 Å². The summed E-state index contributed by atoms with van der Waals surface area (Å²) >= 11 is 0. The van der Waals surface area contributed by atoms with E-state index < -0.39 is 10.0 Å². The number of sulfonamides is 1. The van der Waals surface area contributed by atoms with Crippen molar-refractivity contribution < 1.29 is 13.2 Å². The van der Waals surface area contributed by atoms with Crippen molar-refractivity contribution in [3.05, 3.63) is 11.4 Å². The fourth-order valence-electron chi connectivity index (χ4n) is 2.09. The molecule has 0 unspecified atom stereocenters. The molecule has 0 aromatic carbocycles. The van der Waals surface area contributed by atoms with Gasteiger partial charge in [-0.05, 0) is 18.8 Å². The smallest absolute Gasteiger partial charge is 0.241 e. The fourth-order valence-corrected chi connectivity index (χ4v) is 3.18. The monoisotopic (exact) mass is 303 g/mol. The SMILES string of the molecule is CCc1nn(CCOCC(C)C)c(CC)c1S(N)(=O)=O. The minimum Gasteiger partial charge on any atom is -0.379 e. The molecule has 7 heteroatoms. The van der Waals surface area contributed by atoms with E-state index in [9.17, 15) is 8.42 Å². The van der Waals surface area contributed by atoms with E-state index in [4.69, 9.17) is 9.88 Å². The number of nitrogens with two attached hydrogens (primary N) is 1. The Morgan fingerprint density at radius 2 is 1.95 bits per heavy atom. The zero-order valence-corrected chi connectivity index (χ0v) is 13.5. The van der Waals surface area contributed by atoms with E-state index in [-0.39, 0.29) is 4.90 Å². The van der Waals surface area contributed by atoms with Gasteiger partial charge >= 0.3 is 0 Å². The molecule has 20 heavy (non-hydrogen) atoms. The van der Waals surface area contributed by atoms with Gasteiger partial charge in [0.2, 0.25) is 10.0 Å². The first-order valence-electron chi connectivity index (χ1n) is 7.00. The Morgan fingerprint density at radius 3 is 2.40 bits per heavy atom. The number of hydrogen-bond donors (Lipinski definition) is 1. The number of aryl methyl sites for hydroxylation is 1. The molecule has 1 aromatic heterocycles. The van der Waals surface area contributed by atoms with Crippen LogP contribution in [0.5, 0.6) is 0 Å². The van der Waals surface area contributed by atoms with E-state index in [0.29, 0.717) is 49.9 Å². The molecule has 0 aliphatic carbocycles. The van der Waals surface area contributed by atoms with E-state index in [1.807, 2.05) is 13.8 Å². The zero-order valence-electron chi connectivity index (χ0n) is 12.7. The Bertz CT molecular complexity index is 535. The third-order valence-corrected chi connectivity index (χ3v) is 3.97. The molecule has 6 nitrogen and oxygen atoms in total. The average Bonchev–Trinajstić information content (AvgIpc) is 2.72. The molecule has 0 saturated heterocycles. The number of ether oxygens (including phenoxy) is 1. The number of hydrogen-bond acceptors (Lipinski definition) is 4. The molecular weight excluding hydrogens is 278 g/mol. The van der Waals surface area contributed by atoms with Crippen LogP contribution in [0.3, 0.4) is 0 Å². The maximum Gasteiger partial charge on any atom is 0.241 e. The van der Waals surface area contributed by atoms with E-state index in [1.54, 1.807) is 4.68 Å². The van der Waals surface area contributed by atoms with Crippen LogP contribution < -0.4 is 5.14 Å². The fraction of sp³-hybridized carbons (Fsp3) is 0.769. The molecule has 1 aromatic rings. The number of aromatic nitrogens is 2. The molecule has 0 bridgehead atoms. The van der Waals surface area contributed by atoms with Gasteiger partial charge < -0.3 is 4.74 Å². The quantitative estimate of drug-likeness (QED) is 0.734. The highest BCUT2D eigenvalue weighted by Crippen LogP contribution is 2.20. The second kappa shape index (κ2) is 7.19. The number of rotatable bonds is 8. The van der Waals surface area contributed by atoms with Crippen molar-refractivity contribution in [1.29, 1.82) is 0 Å². The Morgan fingerprint density at radius 1 is 1.30 bits per heavy atom. The van der Waals surface area contributed by atoms with Gasteiger partial charge in [0.05, 0.1) is 24.5 Å². The van der Waals surface area contributed by atoms with E-state index in [0.717, 1.165) is 0 Å². The maximum absolute atomic E-state index is 11.7. The standard InChI is InChI=1S/C13H25N3O3S/c1-5-11-13(20(14,17)18)12(6-2)16(15-11)7-8-19-9-10(3)4/h10H,5-9H2,1-4H3,(H2,14,17,18). The van der Waals surface area contributed by atoms with Crippen LogP contribution in [0.25, 0.3) is 0 Å². The van der Waals surface area contributed by atoms with E-state index >= 15 is 0 Å². The molecule has 0 fully saturated rings. The van der Waals surface area contributed by atoms with Gasteiger partial charge in [-0.2, -0.15) is 5.10 Å². The second-order valence-electron chi connectivity index (χ2n) is 5.17. The van der Waals surface area contributed by atoms with Gasteiger partial charge in [-0.15, -0.1) is 0 Å². The minimum atomic E-state index is -3.74. The minimum absolute atomic E-state index is 0.186. The van der Waals surface area contributed by atoms with Crippen LogP contribution >= 0.6 is 0 Å². The second-order valence-corrected chi connectivity index (χ2v) is 6.66. The van der Waals surface area contributed by atoms with E-state index in [1.165, 1.54) is 0 Å². The van der Waals surface area contributed by atoms with Crippen molar-refractivity contribution in [3.8, 4) is 0 Å². The van der Waals surface area contributed by atoms with Crippen LogP contribution in [-0.4, -0.2) is 31.4 Å². The molecule has 0 amide bonds. The van der Waals surface area contributed by atoms with Crippen LogP contribution in [-0.2, 0) is 34.1 Å². The van der Waals surface area contributed by atoms with Crippen molar-refractivity contribution in [2.75, 3.05) is 13.2 Å². The van der Waals surface area contributed by atoms with Gasteiger partial charge in [0, 0.05) is 6.61 Å². The largest absolute Gasteiger partial charge is 0.379 e. The summed E-state index contributed by atoms with van der Waals surface area (Å²) in [5.41, 5.74) is 1.20. The molecule has 2 N–H and O–H groups in total. The molecule has 0 spiro atoms. The van der Waals surface area contributed by atoms with Crippen molar-refractivity contribution in [1.82, 2.24) is 9.78 Å². The lowest BCUT2D eigenvalue weighted by Crippen LogP contribution is -2.17. The Balaban J connectivity index is 2.95. The number of primary sulfonamides is 1. The van der Waals surface area contributed by atoms with Crippen LogP contribution in [0.4, 0.5) is 0 Å². The maximum atomic E-state index is 11.7. The third kappa shape index (κ3) is 4.29. The highest BCUT2D eigenvalue weighted by molar-refractivity contribution is 7.89. The van der Waals surface area contributed by atoms with Crippen molar-refractivity contribution in [2.24, 2.45) is 11.1 Å². The summed E-state index contributed by atoms with van der Waals surface area (Å²) < 4.78 is 30.7. The summed E-state index contributed by atoms with van der Waals surface area (Å²) in [5.74, 6) is 0.476. The molecular formula is C13H25N3O3S. The topological polar surface area (TPSA) is 87.2 Å². The van der Waals surface area contributed by atoms with Crippen molar-refractivity contribution >= 4 is 10.0 Å². The summed E-state index contributed by atoms with van der Waals surface area (Å²) in [6.07, 6.45) is 1.11. The van der Waals surface area contributed by atoms with Crippen LogP contribution in [0.2, 0.25) is 0 Å². The highest BCUT2D eigenvalue weighted by atomic mass is 32.2. The van der Waals surface area contributed by atoms with Gasteiger partial charge in [-0.3, -0.25) is 4.68 Å². The first-order chi connectivity index (χ1) is 9.31. The summed E-state index contributed by atoms with van der Waals surface area (Å²) in [7, 11) is -3.74. The predicted octanol–water partition coefficient (Wildman–Crippen LogP) is 1.33. The molecule has 0 saturated carbocycles. The van der Waals surface area contributed by atoms with E-state index in [2.05, 4.69) is 18.9 Å². The van der Waals surface area contributed by atoms with Gasteiger partial charge in [0.25, 0.3) is 0 Å². The van der Waals surface area contributed by atoms with Gasteiger partial charge in [0.15, 0.2) is 0 Å². The molecule has 0 aliphatic rings. The third-order valence-electron chi connectivity index (χ3n) is 2.93. The molecule has 0 radical (unpaired) electrons. The lowest BCUT2D eigenvalue weighted by molar-refractivity contribution is 0.100. The Labute approximate surface area is 121 Å². The van der Waals surface area contributed by atoms with Crippen molar-refractivity contribution in [3.63, 3.8) is 0 Å².